The number of rotatable bonds is 3. The van der Waals surface area contributed by atoms with E-state index in [2.05, 4.69) is 5.10 Å². The van der Waals surface area contributed by atoms with Crippen LogP contribution in [0.3, 0.4) is 0 Å². The molecule has 0 aliphatic carbocycles. The second kappa shape index (κ2) is 5.95. The Bertz CT molecular complexity index is 670. The Morgan fingerprint density at radius 1 is 1.24 bits per heavy atom. The lowest BCUT2D eigenvalue weighted by molar-refractivity contribution is -0.167. The maximum absolute atomic E-state index is 12.1. The van der Waals surface area contributed by atoms with E-state index in [4.69, 9.17) is 23.2 Å². The molecule has 0 spiro atoms. The Balaban J connectivity index is 2.06. The molecule has 1 N–H and O–H groups in total. The molecule has 112 valence electrons. The largest absolute Gasteiger partial charge is 0.471 e. The van der Waals surface area contributed by atoms with Crippen LogP contribution in [0.5, 0.6) is 0 Å². The third-order valence-electron chi connectivity index (χ3n) is 2.47. The Morgan fingerprint density at radius 2 is 1.95 bits per heavy atom. The van der Waals surface area contributed by atoms with E-state index in [9.17, 15) is 18.0 Å². The molecule has 0 saturated heterocycles. The molecule has 9 heteroatoms. The van der Waals surface area contributed by atoms with Gasteiger partial charge >= 0.3 is 12.1 Å². The average molecular weight is 338 g/mol. The normalized spacial score (nSPS) is 11.5. The molecule has 21 heavy (non-hydrogen) atoms. The summed E-state index contributed by atoms with van der Waals surface area (Å²) in [4.78, 5) is 10.8. The molecule has 0 aliphatic heterocycles. The fraction of sp³-hybridized carbons (Fsp3) is 0.167. The monoisotopic (exact) mass is 337 g/mol. The molecule has 0 atom stereocenters. The van der Waals surface area contributed by atoms with E-state index >= 15 is 0 Å². The third kappa shape index (κ3) is 4.12. The molecule has 4 nitrogen and oxygen atoms in total. The number of amides is 1. The predicted octanol–water partition coefficient (Wildman–Crippen LogP) is 3.74. The molecule has 2 rings (SSSR count). The number of halogens is 5. The molecule has 0 radical (unpaired) electrons. The fourth-order valence-corrected chi connectivity index (χ4v) is 1.85. The zero-order valence-electron chi connectivity index (χ0n) is 10.3. The maximum Gasteiger partial charge on any atom is 0.471 e. The van der Waals surface area contributed by atoms with Gasteiger partial charge < -0.3 is 5.32 Å². The number of hydrogen-bond acceptors (Lipinski definition) is 2. The molecule has 0 saturated carbocycles. The third-order valence-corrected chi connectivity index (χ3v) is 3.21. The van der Waals surface area contributed by atoms with E-state index in [1.54, 1.807) is 23.5 Å². The topological polar surface area (TPSA) is 46.9 Å². The number of nitrogens with one attached hydrogen (secondary N) is 1. The van der Waals surface area contributed by atoms with Crippen molar-refractivity contribution in [3.05, 3.63) is 46.1 Å². The highest BCUT2D eigenvalue weighted by molar-refractivity contribution is 6.42. The lowest BCUT2D eigenvalue weighted by Gasteiger charge is -2.05. The second-order valence-electron chi connectivity index (χ2n) is 4.10. The van der Waals surface area contributed by atoms with Crippen molar-refractivity contribution in [1.82, 2.24) is 9.78 Å². The Labute approximate surface area is 127 Å². The number of aromatic nitrogens is 2. The molecule has 0 fully saturated rings. The summed E-state index contributed by atoms with van der Waals surface area (Å²) in [6, 6.07) is 6.21. The van der Waals surface area contributed by atoms with Crippen LogP contribution in [-0.4, -0.2) is 21.9 Å². The van der Waals surface area contributed by atoms with Gasteiger partial charge in [0.1, 0.15) is 0 Å². The fourth-order valence-electron chi connectivity index (χ4n) is 1.53. The number of carbonyl (C=O) groups excluding carboxylic acids is 1. The predicted molar refractivity (Wildman–Crippen MR) is 72.5 cm³/mol. The van der Waals surface area contributed by atoms with E-state index in [1.807, 2.05) is 0 Å². The van der Waals surface area contributed by atoms with Gasteiger partial charge in [0.15, 0.2) is 5.82 Å². The molecule has 1 amide bonds. The van der Waals surface area contributed by atoms with Gasteiger partial charge in [-0.2, -0.15) is 18.3 Å². The van der Waals surface area contributed by atoms with Crippen LogP contribution in [0.25, 0.3) is 0 Å². The van der Waals surface area contributed by atoms with Gasteiger partial charge in [-0.25, -0.2) is 0 Å². The van der Waals surface area contributed by atoms with Crippen LogP contribution in [-0.2, 0) is 11.3 Å². The molecule has 1 aromatic carbocycles. The second-order valence-corrected chi connectivity index (χ2v) is 4.91. The Hall–Kier alpha value is -1.73. The van der Waals surface area contributed by atoms with Crippen molar-refractivity contribution < 1.29 is 18.0 Å². The minimum Gasteiger partial charge on any atom is -0.301 e. The van der Waals surface area contributed by atoms with E-state index in [-0.39, 0.29) is 12.4 Å². The van der Waals surface area contributed by atoms with Crippen LogP contribution in [0.1, 0.15) is 5.56 Å². The van der Waals surface area contributed by atoms with E-state index in [1.165, 1.54) is 16.9 Å². The lowest BCUT2D eigenvalue weighted by Crippen LogP contribution is -2.30. The number of nitrogens with zero attached hydrogens (tertiary/aromatic N) is 2. The summed E-state index contributed by atoms with van der Waals surface area (Å²) in [7, 11) is 0. The molecular weight excluding hydrogens is 330 g/mol. The van der Waals surface area contributed by atoms with Gasteiger partial charge in [-0.15, -0.1) is 0 Å². The summed E-state index contributed by atoms with van der Waals surface area (Å²) < 4.78 is 37.7. The minimum absolute atomic E-state index is 0.183. The number of alkyl halides is 3. The van der Waals surface area contributed by atoms with Crippen LogP contribution in [0, 0.1) is 0 Å². The summed E-state index contributed by atoms with van der Waals surface area (Å²) in [6.45, 7) is 0.277. The first-order chi connectivity index (χ1) is 9.75. The van der Waals surface area contributed by atoms with E-state index in [0.29, 0.717) is 10.0 Å². The summed E-state index contributed by atoms with van der Waals surface area (Å²) >= 11 is 11.6. The summed E-state index contributed by atoms with van der Waals surface area (Å²) in [6.07, 6.45) is -3.51. The Kier molecular flexibility index (Phi) is 4.43. The average Bonchev–Trinajstić information content (AvgIpc) is 2.80. The first kappa shape index (κ1) is 15.7. The first-order valence-electron chi connectivity index (χ1n) is 5.61. The van der Waals surface area contributed by atoms with Crippen LogP contribution >= 0.6 is 23.2 Å². The lowest BCUT2D eigenvalue weighted by atomic mass is 10.2. The molecular formula is C12H8Cl2F3N3O. The van der Waals surface area contributed by atoms with Crippen LogP contribution in [0.4, 0.5) is 19.0 Å². The summed E-state index contributed by atoms with van der Waals surface area (Å²) in [5.41, 5.74) is 0.765. The van der Waals surface area contributed by atoms with Crippen molar-refractivity contribution in [2.24, 2.45) is 0 Å². The number of benzene rings is 1. The van der Waals surface area contributed by atoms with Gasteiger partial charge in [0.2, 0.25) is 0 Å². The zero-order chi connectivity index (χ0) is 15.6. The highest BCUT2D eigenvalue weighted by Gasteiger charge is 2.39. The van der Waals surface area contributed by atoms with Gasteiger partial charge in [0.25, 0.3) is 0 Å². The molecule has 1 aromatic heterocycles. The number of hydrogen-bond donors (Lipinski definition) is 1. The zero-order valence-corrected chi connectivity index (χ0v) is 11.8. The standard InChI is InChI=1S/C12H8Cl2F3N3O/c13-8-2-1-7(5-9(8)14)6-20-4-3-10(19-20)18-11(21)12(15,16)17/h1-5H,6H2,(H,18,19,21). The van der Waals surface area contributed by atoms with Gasteiger partial charge in [-0.3, -0.25) is 9.48 Å². The molecule has 0 unspecified atom stereocenters. The number of anilines is 1. The van der Waals surface area contributed by atoms with Crippen LogP contribution in [0.15, 0.2) is 30.5 Å². The first-order valence-corrected chi connectivity index (χ1v) is 6.37. The van der Waals surface area contributed by atoms with Crippen molar-refractivity contribution in [3.63, 3.8) is 0 Å². The van der Waals surface area contributed by atoms with Crippen molar-refractivity contribution in [1.29, 1.82) is 0 Å². The number of carbonyl (C=O) groups is 1. The smallest absolute Gasteiger partial charge is 0.301 e. The van der Waals surface area contributed by atoms with Gasteiger partial charge in [0.05, 0.1) is 16.6 Å². The summed E-state index contributed by atoms with van der Waals surface area (Å²) in [5, 5.41) is 6.25. The van der Waals surface area contributed by atoms with Gasteiger partial charge in [-0.1, -0.05) is 29.3 Å². The quantitative estimate of drug-likeness (QED) is 0.927. The SMILES string of the molecule is O=C(Nc1ccn(Cc2ccc(Cl)c(Cl)c2)n1)C(F)(F)F. The molecule has 1 heterocycles. The maximum atomic E-state index is 12.1. The molecule has 0 bridgehead atoms. The Morgan fingerprint density at radius 3 is 2.57 bits per heavy atom. The van der Waals surface area contributed by atoms with Crippen LogP contribution < -0.4 is 5.32 Å². The van der Waals surface area contributed by atoms with Gasteiger partial charge in [0, 0.05) is 12.3 Å². The van der Waals surface area contributed by atoms with Crippen molar-refractivity contribution in [3.8, 4) is 0 Å². The van der Waals surface area contributed by atoms with Crippen molar-refractivity contribution in [2.75, 3.05) is 5.32 Å². The van der Waals surface area contributed by atoms with Crippen molar-refractivity contribution >= 4 is 34.9 Å². The molecule has 2 aromatic rings. The van der Waals surface area contributed by atoms with Crippen molar-refractivity contribution in [2.45, 2.75) is 12.7 Å². The summed E-state index contributed by atoms with van der Waals surface area (Å²) in [5.74, 6) is -2.25. The molecule has 0 aliphatic rings. The van der Waals surface area contributed by atoms with E-state index in [0.717, 1.165) is 5.56 Å². The minimum atomic E-state index is -4.95. The highest BCUT2D eigenvalue weighted by Crippen LogP contribution is 2.23. The van der Waals surface area contributed by atoms with Crippen LogP contribution in [0.2, 0.25) is 10.0 Å². The van der Waals surface area contributed by atoms with E-state index < -0.39 is 12.1 Å². The van der Waals surface area contributed by atoms with Gasteiger partial charge in [-0.05, 0) is 17.7 Å². The highest BCUT2D eigenvalue weighted by atomic mass is 35.5.